The zero-order valence-electron chi connectivity index (χ0n) is 12.5. The molecule has 0 spiro atoms. The van der Waals surface area contributed by atoms with Crippen LogP contribution in [-0.2, 0) is 4.74 Å². The van der Waals surface area contributed by atoms with Gasteiger partial charge in [-0.05, 0) is 39.3 Å². The lowest BCUT2D eigenvalue weighted by molar-refractivity contribution is 0.0636. The highest BCUT2D eigenvalue weighted by Gasteiger charge is 2.17. The fourth-order valence-corrected chi connectivity index (χ4v) is 1.65. The summed E-state index contributed by atoms with van der Waals surface area (Å²) in [6.07, 6.45) is 1.54. The van der Waals surface area contributed by atoms with Crippen molar-refractivity contribution in [3.63, 3.8) is 0 Å². The maximum absolute atomic E-state index is 11.7. The summed E-state index contributed by atoms with van der Waals surface area (Å²) >= 11 is 6.11. The van der Waals surface area contributed by atoms with Crippen molar-refractivity contribution >= 4 is 23.4 Å². The van der Waals surface area contributed by atoms with Gasteiger partial charge in [0, 0.05) is 6.07 Å². The number of rotatable bonds is 5. The van der Waals surface area contributed by atoms with Crippen LogP contribution in [0.5, 0.6) is 5.75 Å². The van der Waals surface area contributed by atoms with Crippen molar-refractivity contribution in [3.05, 3.63) is 23.2 Å². The average Bonchev–Trinajstić information content (AvgIpc) is 2.30. The number of hydrogen-bond acceptors (Lipinski definition) is 3. The third-order valence-corrected chi connectivity index (χ3v) is 2.66. The van der Waals surface area contributed by atoms with Crippen molar-refractivity contribution in [1.29, 1.82) is 0 Å². The van der Waals surface area contributed by atoms with Crippen LogP contribution in [-0.4, -0.2) is 18.3 Å². The summed E-state index contributed by atoms with van der Waals surface area (Å²) in [6.45, 7) is 8.17. The number of carbonyl (C=O) groups excluding carboxylic acids is 1. The first kappa shape index (κ1) is 16.6. The zero-order valence-corrected chi connectivity index (χ0v) is 13.2. The first-order chi connectivity index (χ1) is 9.31. The molecule has 20 heavy (non-hydrogen) atoms. The van der Waals surface area contributed by atoms with Crippen molar-refractivity contribution < 1.29 is 14.3 Å². The van der Waals surface area contributed by atoms with E-state index < -0.39 is 11.7 Å². The van der Waals surface area contributed by atoms with Crippen LogP contribution < -0.4 is 10.1 Å². The Hall–Kier alpha value is -1.42. The molecule has 1 aromatic carbocycles. The molecular weight excluding hydrogens is 278 g/mol. The second-order valence-electron chi connectivity index (χ2n) is 5.47. The molecule has 1 rings (SSSR count). The largest absolute Gasteiger partial charge is 0.494 e. The molecule has 0 aliphatic rings. The highest BCUT2D eigenvalue weighted by molar-refractivity contribution is 6.33. The number of unbranched alkanes of at least 4 members (excludes halogenated alkanes) is 1. The number of ether oxygens (including phenoxy) is 2. The van der Waals surface area contributed by atoms with Crippen molar-refractivity contribution in [2.24, 2.45) is 0 Å². The summed E-state index contributed by atoms with van der Waals surface area (Å²) in [5.41, 5.74) is -0.0384. The number of carbonyl (C=O) groups is 1. The van der Waals surface area contributed by atoms with Gasteiger partial charge in [0.1, 0.15) is 11.4 Å². The van der Waals surface area contributed by atoms with Crippen LogP contribution in [0.1, 0.15) is 40.5 Å². The highest BCUT2D eigenvalue weighted by Crippen LogP contribution is 2.27. The number of halogens is 1. The van der Waals surface area contributed by atoms with E-state index in [1.54, 1.807) is 39.0 Å². The maximum atomic E-state index is 11.7. The first-order valence-corrected chi connectivity index (χ1v) is 7.12. The van der Waals surface area contributed by atoms with Gasteiger partial charge in [-0.15, -0.1) is 0 Å². The van der Waals surface area contributed by atoms with E-state index in [9.17, 15) is 4.79 Å². The number of nitrogens with one attached hydrogen (secondary N) is 1. The molecule has 0 aliphatic heterocycles. The fraction of sp³-hybridized carbons (Fsp3) is 0.533. The van der Waals surface area contributed by atoms with E-state index in [1.165, 1.54) is 0 Å². The number of benzene rings is 1. The molecule has 5 heteroatoms. The molecule has 4 nitrogen and oxygen atoms in total. The topological polar surface area (TPSA) is 47.6 Å². The minimum absolute atomic E-state index is 0.421. The molecule has 0 atom stereocenters. The molecule has 0 radical (unpaired) electrons. The summed E-state index contributed by atoms with van der Waals surface area (Å²) in [5, 5.41) is 3.03. The number of amides is 1. The Kier molecular flexibility index (Phi) is 6.14. The Morgan fingerprint density at radius 1 is 1.35 bits per heavy atom. The van der Waals surface area contributed by atoms with Gasteiger partial charge in [-0.2, -0.15) is 0 Å². The Morgan fingerprint density at radius 2 is 2.05 bits per heavy atom. The van der Waals surface area contributed by atoms with Gasteiger partial charge in [-0.3, -0.25) is 5.32 Å². The van der Waals surface area contributed by atoms with Crippen molar-refractivity contribution in [2.45, 2.75) is 46.1 Å². The van der Waals surface area contributed by atoms with Gasteiger partial charge in [0.05, 0.1) is 17.3 Å². The molecule has 0 aliphatic carbocycles. The molecule has 1 amide bonds. The van der Waals surface area contributed by atoms with Crippen molar-refractivity contribution in [2.75, 3.05) is 11.9 Å². The summed E-state index contributed by atoms with van der Waals surface area (Å²) in [5.74, 6) is 0.693. The van der Waals surface area contributed by atoms with Gasteiger partial charge in [0.25, 0.3) is 0 Å². The second kappa shape index (κ2) is 7.39. The molecule has 1 aromatic rings. The van der Waals surface area contributed by atoms with Crippen molar-refractivity contribution in [1.82, 2.24) is 0 Å². The molecule has 0 fully saturated rings. The van der Waals surface area contributed by atoms with Crippen LogP contribution in [0.2, 0.25) is 5.02 Å². The highest BCUT2D eigenvalue weighted by atomic mass is 35.5. The van der Waals surface area contributed by atoms with Crippen LogP contribution in [0.3, 0.4) is 0 Å². The van der Waals surface area contributed by atoms with Gasteiger partial charge >= 0.3 is 6.09 Å². The van der Waals surface area contributed by atoms with Crippen LogP contribution in [0.15, 0.2) is 18.2 Å². The monoisotopic (exact) mass is 299 g/mol. The number of anilines is 1. The van der Waals surface area contributed by atoms with E-state index in [-0.39, 0.29) is 0 Å². The molecule has 1 N–H and O–H groups in total. The van der Waals surface area contributed by atoms with E-state index in [0.717, 1.165) is 12.8 Å². The van der Waals surface area contributed by atoms with Gasteiger partial charge in [-0.1, -0.05) is 24.9 Å². The lowest BCUT2D eigenvalue weighted by Crippen LogP contribution is -2.27. The Bertz CT molecular complexity index is 455. The second-order valence-corrected chi connectivity index (χ2v) is 5.88. The lowest BCUT2D eigenvalue weighted by Gasteiger charge is -2.20. The third-order valence-electron chi connectivity index (χ3n) is 2.34. The third kappa shape index (κ3) is 6.15. The normalized spacial score (nSPS) is 11.1. The van der Waals surface area contributed by atoms with Crippen LogP contribution >= 0.6 is 11.6 Å². The quantitative estimate of drug-likeness (QED) is 0.789. The van der Waals surface area contributed by atoms with Crippen LogP contribution in [0, 0.1) is 0 Å². The molecule has 0 saturated carbocycles. The molecule has 0 aromatic heterocycles. The molecule has 0 unspecified atom stereocenters. The Labute approximate surface area is 125 Å². The van der Waals surface area contributed by atoms with E-state index in [0.29, 0.717) is 23.1 Å². The standard InChI is InChI=1S/C15H22ClNO3/c1-5-6-9-19-11-7-8-13(12(16)10-11)17-14(18)20-15(2,3)4/h7-8,10H,5-6,9H2,1-4H3,(H,17,18). The lowest BCUT2D eigenvalue weighted by atomic mass is 10.2. The predicted molar refractivity (Wildman–Crippen MR) is 81.7 cm³/mol. The predicted octanol–water partition coefficient (Wildman–Crippen LogP) is 4.87. The minimum Gasteiger partial charge on any atom is -0.494 e. The molecule has 112 valence electrons. The van der Waals surface area contributed by atoms with Crippen LogP contribution in [0.4, 0.5) is 10.5 Å². The molecule has 0 saturated heterocycles. The van der Waals surface area contributed by atoms with Gasteiger partial charge in [-0.25, -0.2) is 4.79 Å². The fourth-order valence-electron chi connectivity index (χ4n) is 1.43. The Morgan fingerprint density at radius 3 is 2.60 bits per heavy atom. The minimum atomic E-state index is -0.542. The maximum Gasteiger partial charge on any atom is 0.412 e. The van der Waals surface area contributed by atoms with Gasteiger partial charge in [0.2, 0.25) is 0 Å². The van der Waals surface area contributed by atoms with Gasteiger partial charge < -0.3 is 9.47 Å². The molecule has 0 heterocycles. The SMILES string of the molecule is CCCCOc1ccc(NC(=O)OC(C)(C)C)c(Cl)c1. The van der Waals surface area contributed by atoms with Crippen molar-refractivity contribution in [3.8, 4) is 5.75 Å². The van der Waals surface area contributed by atoms with E-state index in [1.807, 2.05) is 0 Å². The Balaban J connectivity index is 2.61. The molecule has 0 bridgehead atoms. The summed E-state index contributed by atoms with van der Waals surface area (Å²) < 4.78 is 10.7. The van der Waals surface area contributed by atoms with E-state index in [4.69, 9.17) is 21.1 Å². The number of hydrogen-bond donors (Lipinski definition) is 1. The summed E-state index contributed by atoms with van der Waals surface area (Å²) in [4.78, 5) is 11.7. The zero-order chi connectivity index (χ0) is 15.2. The van der Waals surface area contributed by atoms with E-state index in [2.05, 4.69) is 12.2 Å². The van der Waals surface area contributed by atoms with Crippen LogP contribution in [0.25, 0.3) is 0 Å². The first-order valence-electron chi connectivity index (χ1n) is 6.74. The average molecular weight is 300 g/mol. The summed E-state index contributed by atoms with van der Waals surface area (Å²) in [7, 11) is 0. The van der Waals surface area contributed by atoms with E-state index >= 15 is 0 Å². The molecular formula is C15H22ClNO3. The summed E-state index contributed by atoms with van der Waals surface area (Å²) in [6, 6.07) is 5.16. The smallest absolute Gasteiger partial charge is 0.412 e. The van der Waals surface area contributed by atoms with Gasteiger partial charge in [0.15, 0.2) is 0 Å².